The molecule has 0 aliphatic rings. The van der Waals surface area contributed by atoms with Crippen LogP contribution in [-0.2, 0) is 15.8 Å². The lowest BCUT2D eigenvalue weighted by Gasteiger charge is -2.02. The molecule has 2 N–H and O–H groups in total. The lowest BCUT2D eigenvalue weighted by atomic mass is 10.2. The minimum absolute atomic E-state index is 0.143. The number of sulfonamides is 1. The van der Waals surface area contributed by atoms with Gasteiger partial charge in [0.05, 0.1) is 10.2 Å². The Labute approximate surface area is 83.9 Å². The Morgan fingerprint density at radius 1 is 1.46 bits per heavy atom. The SMILES string of the molecule is NS(=O)(=O)Cc1cccc(F)c1Br. The predicted molar refractivity (Wildman–Crippen MR) is 50.9 cm³/mol. The average Bonchev–Trinajstić information content (AvgIpc) is 1.96. The van der Waals surface area contributed by atoms with Crippen molar-refractivity contribution in [3.63, 3.8) is 0 Å². The maximum atomic E-state index is 12.9. The fraction of sp³-hybridized carbons (Fsp3) is 0.143. The standard InChI is InChI=1S/C7H7BrFNO2S/c8-7-5(4-13(10,11)12)2-1-3-6(7)9/h1-3H,4H2,(H2,10,11,12). The van der Waals surface area contributed by atoms with E-state index in [9.17, 15) is 12.8 Å². The first-order valence-electron chi connectivity index (χ1n) is 3.33. The molecule has 1 aromatic carbocycles. The van der Waals surface area contributed by atoms with Gasteiger partial charge in [-0.25, -0.2) is 17.9 Å². The summed E-state index contributed by atoms with van der Waals surface area (Å²) in [5.41, 5.74) is 0.322. The summed E-state index contributed by atoms with van der Waals surface area (Å²) in [6, 6.07) is 4.16. The molecule has 0 unspecified atom stereocenters. The van der Waals surface area contributed by atoms with Crippen molar-refractivity contribution >= 4 is 26.0 Å². The van der Waals surface area contributed by atoms with Crippen molar-refractivity contribution in [2.24, 2.45) is 5.14 Å². The quantitative estimate of drug-likeness (QED) is 0.880. The number of halogens is 2. The summed E-state index contributed by atoms with van der Waals surface area (Å²) in [5.74, 6) is -0.869. The summed E-state index contributed by atoms with van der Waals surface area (Å²) in [6.07, 6.45) is 0. The molecular formula is C7H7BrFNO2S. The second-order valence-electron chi connectivity index (χ2n) is 2.52. The van der Waals surface area contributed by atoms with Gasteiger partial charge in [-0.05, 0) is 27.6 Å². The van der Waals surface area contributed by atoms with Crippen LogP contribution in [0.5, 0.6) is 0 Å². The Hall–Kier alpha value is -0.460. The average molecular weight is 268 g/mol. The van der Waals surface area contributed by atoms with Crippen molar-refractivity contribution < 1.29 is 12.8 Å². The van der Waals surface area contributed by atoms with E-state index in [1.807, 2.05) is 0 Å². The molecule has 0 bridgehead atoms. The molecule has 0 aliphatic carbocycles. The Balaban J connectivity index is 3.10. The van der Waals surface area contributed by atoms with Crippen LogP contribution in [0.2, 0.25) is 0 Å². The summed E-state index contributed by atoms with van der Waals surface area (Å²) < 4.78 is 34.4. The highest BCUT2D eigenvalue weighted by Crippen LogP contribution is 2.21. The monoisotopic (exact) mass is 267 g/mol. The van der Waals surface area contributed by atoms with Crippen LogP contribution < -0.4 is 5.14 Å². The van der Waals surface area contributed by atoms with Gasteiger partial charge in [0.25, 0.3) is 0 Å². The van der Waals surface area contributed by atoms with E-state index in [4.69, 9.17) is 5.14 Å². The fourth-order valence-corrected chi connectivity index (χ4v) is 2.14. The molecule has 13 heavy (non-hydrogen) atoms. The van der Waals surface area contributed by atoms with Crippen molar-refractivity contribution in [3.8, 4) is 0 Å². The molecule has 0 radical (unpaired) electrons. The maximum Gasteiger partial charge on any atom is 0.213 e. The topological polar surface area (TPSA) is 60.2 Å². The van der Waals surface area contributed by atoms with Gasteiger partial charge in [0, 0.05) is 0 Å². The summed E-state index contributed by atoms with van der Waals surface area (Å²) >= 11 is 2.94. The summed E-state index contributed by atoms with van der Waals surface area (Å²) in [4.78, 5) is 0. The van der Waals surface area contributed by atoms with Gasteiger partial charge in [0.2, 0.25) is 10.0 Å². The fourth-order valence-electron chi connectivity index (χ4n) is 0.877. The first-order valence-corrected chi connectivity index (χ1v) is 5.84. The lowest BCUT2D eigenvalue weighted by Crippen LogP contribution is -2.14. The van der Waals surface area contributed by atoms with Crippen LogP contribution in [0.3, 0.4) is 0 Å². The highest BCUT2D eigenvalue weighted by atomic mass is 79.9. The summed E-state index contributed by atoms with van der Waals surface area (Å²) in [7, 11) is -3.61. The first kappa shape index (κ1) is 10.6. The molecule has 0 saturated carbocycles. The zero-order valence-corrected chi connectivity index (χ0v) is 8.90. The van der Waals surface area contributed by atoms with Crippen LogP contribution in [0, 0.1) is 5.82 Å². The number of rotatable bonds is 2. The third-order valence-electron chi connectivity index (χ3n) is 1.39. The van der Waals surface area contributed by atoms with Crippen LogP contribution in [0.1, 0.15) is 5.56 Å². The molecule has 3 nitrogen and oxygen atoms in total. The van der Waals surface area contributed by atoms with Crippen molar-refractivity contribution in [2.45, 2.75) is 5.75 Å². The van der Waals surface area contributed by atoms with E-state index >= 15 is 0 Å². The zero-order valence-electron chi connectivity index (χ0n) is 6.50. The second kappa shape index (κ2) is 3.73. The van der Waals surface area contributed by atoms with Crippen molar-refractivity contribution in [1.82, 2.24) is 0 Å². The van der Waals surface area contributed by atoms with Crippen molar-refractivity contribution in [3.05, 3.63) is 34.1 Å². The number of hydrogen-bond acceptors (Lipinski definition) is 2. The molecule has 6 heteroatoms. The minimum Gasteiger partial charge on any atom is -0.228 e. The summed E-state index contributed by atoms with van der Waals surface area (Å²) in [5, 5.41) is 4.82. The number of nitrogens with two attached hydrogens (primary N) is 1. The van der Waals surface area contributed by atoms with Gasteiger partial charge in [0.1, 0.15) is 5.82 Å². The Morgan fingerprint density at radius 3 is 2.62 bits per heavy atom. The van der Waals surface area contributed by atoms with E-state index < -0.39 is 15.8 Å². The van der Waals surface area contributed by atoms with E-state index in [0.29, 0.717) is 5.56 Å². The molecule has 0 aromatic heterocycles. The minimum atomic E-state index is -3.61. The Morgan fingerprint density at radius 2 is 2.08 bits per heavy atom. The van der Waals surface area contributed by atoms with Crippen molar-refractivity contribution in [1.29, 1.82) is 0 Å². The zero-order chi connectivity index (χ0) is 10.1. The number of hydrogen-bond donors (Lipinski definition) is 1. The molecule has 1 aromatic rings. The van der Waals surface area contributed by atoms with E-state index in [2.05, 4.69) is 15.9 Å². The molecule has 0 saturated heterocycles. The van der Waals surface area contributed by atoms with Gasteiger partial charge in [-0.3, -0.25) is 0 Å². The maximum absolute atomic E-state index is 12.9. The Kier molecular flexibility index (Phi) is 3.05. The summed E-state index contributed by atoms with van der Waals surface area (Å²) in [6.45, 7) is 0. The molecular weight excluding hydrogens is 261 g/mol. The van der Waals surface area contributed by atoms with Crippen LogP contribution in [0.25, 0.3) is 0 Å². The first-order chi connectivity index (χ1) is 5.90. The highest BCUT2D eigenvalue weighted by Gasteiger charge is 2.10. The normalized spacial score (nSPS) is 11.6. The molecule has 0 spiro atoms. The number of benzene rings is 1. The third kappa shape index (κ3) is 3.06. The van der Waals surface area contributed by atoms with Gasteiger partial charge >= 0.3 is 0 Å². The Bertz CT molecular complexity index is 419. The van der Waals surface area contributed by atoms with Gasteiger partial charge in [-0.1, -0.05) is 12.1 Å². The van der Waals surface area contributed by atoms with Crippen molar-refractivity contribution in [2.75, 3.05) is 0 Å². The van der Waals surface area contributed by atoms with Gasteiger partial charge in [-0.2, -0.15) is 0 Å². The van der Waals surface area contributed by atoms with E-state index in [0.717, 1.165) is 0 Å². The molecule has 72 valence electrons. The predicted octanol–water partition coefficient (Wildman–Crippen LogP) is 1.38. The van der Waals surface area contributed by atoms with E-state index in [1.165, 1.54) is 18.2 Å². The molecule has 0 aliphatic heterocycles. The van der Waals surface area contributed by atoms with Gasteiger partial charge < -0.3 is 0 Å². The van der Waals surface area contributed by atoms with E-state index in [1.54, 1.807) is 0 Å². The van der Waals surface area contributed by atoms with Crippen LogP contribution in [0.4, 0.5) is 4.39 Å². The van der Waals surface area contributed by atoms with Gasteiger partial charge in [-0.15, -0.1) is 0 Å². The van der Waals surface area contributed by atoms with Crippen LogP contribution >= 0.6 is 15.9 Å². The van der Waals surface area contributed by atoms with E-state index in [-0.39, 0.29) is 10.2 Å². The third-order valence-corrected chi connectivity index (χ3v) is 2.99. The van der Waals surface area contributed by atoms with Crippen LogP contribution in [-0.4, -0.2) is 8.42 Å². The molecule has 0 atom stereocenters. The molecule has 0 amide bonds. The smallest absolute Gasteiger partial charge is 0.213 e. The molecule has 0 heterocycles. The second-order valence-corrected chi connectivity index (χ2v) is 4.93. The highest BCUT2D eigenvalue weighted by molar-refractivity contribution is 9.10. The lowest BCUT2D eigenvalue weighted by molar-refractivity contribution is 0.595. The largest absolute Gasteiger partial charge is 0.228 e. The molecule has 0 fully saturated rings. The number of primary sulfonamides is 1. The van der Waals surface area contributed by atoms with Crippen LogP contribution in [0.15, 0.2) is 22.7 Å². The molecule has 1 rings (SSSR count). The van der Waals surface area contributed by atoms with Gasteiger partial charge in [0.15, 0.2) is 0 Å².